The molecule has 0 saturated carbocycles. The molecule has 0 saturated heterocycles. The van der Waals surface area contributed by atoms with E-state index in [-0.39, 0.29) is 64.5 Å². The topological polar surface area (TPSA) is 116 Å². The van der Waals surface area contributed by atoms with Crippen LogP contribution in [0.3, 0.4) is 0 Å². The Bertz CT molecular complexity index is 1760. The largest absolute Gasteiger partial charge is 1.00 e. The van der Waals surface area contributed by atoms with Gasteiger partial charge in [0, 0.05) is 29.8 Å². The van der Waals surface area contributed by atoms with E-state index in [1.807, 2.05) is 75.4 Å². The van der Waals surface area contributed by atoms with Crippen LogP contribution in [0, 0.1) is 0 Å². The van der Waals surface area contributed by atoms with Crippen LogP contribution in [0.25, 0.3) is 33.6 Å². The van der Waals surface area contributed by atoms with E-state index in [1.54, 1.807) is 16.8 Å². The molecule has 0 unspecified atom stereocenters. The molecular weight excluding hydrogens is 557 g/mol. The van der Waals surface area contributed by atoms with Gasteiger partial charge in [-0.15, -0.1) is 0 Å². The molecule has 10 heteroatoms. The normalized spacial score (nSPS) is 11.0. The molecule has 2 aromatic carbocycles. The molecule has 0 fully saturated rings. The van der Waals surface area contributed by atoms with Gasteiger partial charge in [-0.25, -0.2) is 14.8 Å². The van der Waals surface area contributed by atoms with Crippen LogP contribution < -0.4 is 67.4 Å². The number of nitrogens with zero attached hydrogens (tertiary/aromatic N) is 4. The molecular formula is C32H34KN5O4. The first-order valence-electron chi connectivity index (χ1n) is 13.9. The zero-order valence-corrected chi connectivity index (χ0v) is 27.8. The number of hydrogen-bond donors (Lipinski definition) is 1. The van der Waals surface area contributed by atoms with Crippen LogP contribution in [-0.4, -0.2) is 30.8 Å². The van der Waals surface area contributed by atoms with Gasteiger partial charge in [0.2, 0.25) is 5.88 Å². The number of aromatic amines is 1. The van der Waals surface area contributed by atoms with Gasteiger partial charge in [-0.3, -0.25) is 18.9 Å². The van der Waals surface area contributed by atoms with Gasteiger partial charge in [0.05, 0.1) is 23.9 Å². The van der Waals surface area contributed by atoms with Crippen molar-refractivity contribution < 1.29 is 62.1 Å². The summed E-state index contributed by atoms with van der Waals surface area (Å²) < 4.78 is 12.2. The van der Waals surface area contributed by atoms with Crippen molar-refractivity contribution >= 4 is 0 Å². The number of aromatic nitrogens is 5. The van der Waals surface area contributed by atoms with Gasteiger partial charge < -0.3 is 6.16 Å². The number of benzene rings is 2. The average Bonchev–Trinajstić information content (AvgIpc) is 3.41. The standard InChI is InChI=1S/C32H33N5O4.K.H/c1-5-9-27-34-26(6-2)29(23-16-17-28(33-18-23)40-20(3)4)31(38)37(27)19-21-12-14-22(15-13-21)24-10-7-8-11-25(24)30-35-32(39)41-36-30;;/h7-8,10-18,20H,5-6,9,19H2,1-4H3,(H,35,36,39);;/q;+1;-1. The fourth-order valence-corrected chi connectivity index (χ4v) is 4.87. The Labute approximate surface area is 288 Å². The van der Waals surface area contributed by atoms with Gasteiger partial charge in [0.1, 0.15) is 5.82 Å². The minimum Gasteiger partial charge on any atom is -1.00 e. The third-order valence-corrected chi connectivity index (χ3v) is 6.74. The molecule has 0 radical (unpaired) electrons. The minimum atomic E-state index is -0.601. The van der Waals surface area contributed by atoms with Gasteiger partial charge in [-0.1, -0.05) is 67.5 Å². The summed E-state index contributed by atoms with van der Waals surface area (Å²) in [6, 6.07) is 19.3. The van der Waals surface area contributed by atoms with Crippen LogP contribution in [0.1, 0.15) is 52.6 Å². The van der Waals surface area contributed by atoms with Crippen LogP contribution in [0.4, 0.5) is 0 Å². The van der Waals surface area contributed by atoms with E-state index < -0.39 is 5.76 Å². The van der Waals surface area contributed by atoms with Gasteiger partial charge >= 0.3 is 57.1 Å². The summed E-state index contributed by atoms with van der Waals surface area (Å²) in [5, 5.41) is 3.85. The molecule has 5 aromatic rings. The minimum absolute atomic E-state index is 0. The third-order valence-electron chi connectivity index (χ3n) is 6.74. The van der Waals surface area contributed by atoms with E-state index in [1.165, 1.54) is 0 Å². The van der Waals surface area contributed by atoms with Crippen LogP contribution in [0.15, 0.2) is 81.0 Å². The van der Waals surface area contributed by atoms with Gasteiger partial charge in [0.15, 0.2) is 5.82 Å². The predicted octanol–water partition coefficient (Wildman–Crippen LogP) is 2.78. The smallest absolute Gasteiger partial charge is 1.00 e. The number of ether oxygens (including phenoxy) is 1. The molecule has 9 nitrogen and oxygen atoms in total. The number of rotatable bonds is 10. The molecule has 212 valence electrons. The summed E-state index contributed by atoms with van der Waals surface area (Å²) in [5.74, 6) is 1.07. The van der Waals surface area contributed by atoms with Crippen molar-refractivity contribution in [3.8, 4) is 39.5 Å². The second kappa shape index (κ2) is 14.3. The van der Waals surface area contributed by atoms with E-state index >= 15 is 0 Å². The molecule has 42 heavy (non-hydrogen) atoms. The van der Waals surface area contributed by atoms with E-state index in [9.17, 15) is 9.59 Å². The van der Waals surface area contributed by atoms with E-state index in [0.29, 0.717) is 36.7 Å². The quantitative estimate of drug-likeness (QED) is 0.248. The maximum Gasteiger partial charge on any atom is 1.00 e. The molecule has 3 aromatic heterocycles. The van der Waals surface area contributed by atoms with Crippen molar-refractivity contribution in [1.82, 2.24) is 24.7 Å². The van der Waals surface area contributed by atoms with Crippen molar-refractivity contribution in [1.29, 1.82) is 0 Å². The predicted molar refractivity (Wildman–Crippen MR) is 159 cm³/mol. The maximum atomic E-state index is 14.0. The Balaban J connectivity index is 0.00000253. The monoisotopic (exact) mass is 591 g/mol. The molecule has 0 aliphatic heterocycles. The third kappa shape index (κ3) is 7.07. The molecule has 0 bridgehead atoms. The van der Waals surface area contributed by atoms with Gasteiger partial charge in [-0.2, -0.15) is 0 Å². The van der Waals surface area contributed by atoms with Crippen molar-refractivity contribution in [2.45, 2.75) is 59.6 Å². The Hall–Kier alpha value is -3.15. The second-order valence-corrected chi connectivity index (χ2v) is 10.1. The first kappa shape index (κ1) is 31.8. The van der Waals surface area contributed by atoms with Crippen molar-refractivity contribution in [3.05, 3.63) is 105 Å². The number of pyridine rings is 1. The van der Waals surface area contributed by atoms with Crippen molar-refractivity contribution in [3.63, 3.8) is 0 Å². The number of hydrogen-bond acceptors (Lipinski definition) is 7. The maximum absolute atomic E-state index is 14.0. The molecule has 0 atom stereocenters. The van der Waals surface area contributed by atoms with Gasteiger partial charge in [0.25, 0.3) is 5.56 Å². The number of nitrogens with one attached hydrogen (secondary N) is 1. The SMILES string of the molecule is CCCc1nc(CC)c(-c2ccc(OC(C)C)nc2)c(=O)n1Cc1ccc(-c2ccccc2-c2noc(=O)[nH]2)cc1.[H-].[K+]. The fraction of sp³-hybridized carbons (Fsp3) is 0.281. The summed E-state index contributed by atoms with van der Waals surface area (Å²) >= 11 is 0. The van der Waals surface area contributed by atoms with Crippen molar-refractivity contribution in [2.75, 3.05) is 0 Å². The van der Waals surface area contributed by atoms with Crippen LogP contribution in [-0.2, 0) is 19.4 Å². The Morgan fingerprint density at radius 1 is 0.976 bits per heavy atom. The summed E-state index contributed by atoms with van der Waals surface area (Å²) in [6.07, 6.45) is 3.91. The van der Waals surface area contributed by atoms with Crippen LogP contribution in [0.2, 0.25) is 0 Å². The van der Waals surface area contributed by atoms with E-state index in [2.05, 4.69) is 22.0 Å². The molecule has 3 heterocycles. The first-order chi connectivity index (χ1) is 19.9. The zero-order valence-electron chi connectivity index (χ0n) is 25.7. The molecule has 0 aliphatic carbocycles. The summed E-state index contributed by atoms with van der Waals surface area (Å²) in [5.41, 5.74) is 5.57. The number of H-pyrrole nitrogens is 1. The van der Waals surface area contributed by atoms with Crippen LogP contribution >= 0.6 is 0 Å². The Kier molecular flexibility index (Phi) is 10.9. The van der Waals surface area contributed by atoms with E-state index in [0.717, 1.165) is 45.8 Å². The van der Waals surface area contributed by atoms with E-state index in [4.69, 9.17) is 14.2 Å². The molecule has 0 amide bonds. The molecule has 1 N–H and O–H groups in total. The first-order valence-corrected chi connectivity index (χ1v) is 13.9. The molecule has 0 spiro atoms. The zero-order chi connectivity index (χ0) is 28.9. The van der Waals surface area contributed by atoms with Gasteiger partial charge in [-0.05, 0) is 49.4 Å². The van der Waals surface area contributed by atoms with Crippen molar-refractivity contribution in [2.24, 2.45) is 0 Å². The molecule has 5 rings (SSSR count). The fourth-order valence-electron chi connectivity index (χ4n) is 4.87. The summed E-state index contributed by atoms with van der Waals surface area (Å²) in [7, 11) is 0. The second-order valence-electron chi connectivity index (χ2n) is 10.1. The average molecular weight is 592 g/mol. The molecule has 0 aliphatic rings. The number of aryl methyl sites for hydroxylation is 2. The summed E-state index contributed by atoms with van der Waals surface area (Å²) in [4.78, 5) is 37.5. The van der Waals surface area contributed by atoms with Crippen LogP contribution in [0.5, 0.6) is 5.88 Å². The Morgan fingerprint density at radius 2 is 1.69 bits per heavy atom. The Morgan fingerprint density at radius 3 is 2.29 bits per heavy atom. The summed E-state index contributed by atoms with van der Waals surface area (Å²) in [6.45, 7) is 8.38.